The van der Waals surface area contributed by atoms with Gasteiger partial charge in [0.15, 0.2) is 21.5 Å². The van der Waals surface area contributed by atoms with Crippen LogP contribution in [-0.2, 0) is 32.3 Å². The van der Waals surface area contributed by atoms with Crippen LogP contribution >= 0.6 is 15.9 Å². The lowest BCUT2D eigenvalue weighted by molar-refractivity contribution is -0.139. The van der Waals surface area contributed by atoms with Crippen LogP contribution in [0.4, 0.5) is 0 Å². The molecule has 2 aliphatic rings. The smallest absolute Gasteiger partial charge is 0.255 e. The number of ether oxygens (including phenoxy) is 2. The Morgan fingerprint density at radius 1 is 0.956 bits per heavy atom. The van der Waals surface area contributed by atoms with Gasteiger partial charge in [0.1, 0.15) is 5.75 Å². The van der Waals surface area contributed by atoms with E-state index in [1.165, 1.54) is 0 Å². The lowest BCUT2D eigenvalue weighted by Crippen LogP contribution is -2.50. The minimum atomic E-state index is -3.64. The number of benzene rings is 4. The molecule has 8 nitrogen and oxygen atoms in total. The second kappa shape index (κ2) is 13.2. The van der Waals surface area contributed by atoms with Gasteiger partial charge in [0.2, 0.25) is 5.90 Å². The molecule has 0 radical (unpaired) electrons. The van der Waals surface area contributed by atoms with Crippen LogP contribution in [0.2, 0.25) is 0 Å². The fourth-order valence-corrected chi connectivity index (χ4v) is 7.33. The van der Waals surface area contributed by atoms with E-state index in [2.05, 4.69) is 15.9 Å². The van der Waals surface area contributed by atoms with Gasteiger partial charge in [-0.15, -0.1) is 0 Å². The number of nitrogens with zero attached hydrogens (tertiary/aromatic N) is 2. The maximum absolute atomic E-state index is 14.8. The predicted octanol–water partition coefficient (Wildman–Crippen LogP) is 5.53. The van der Waals surface area contributed by atoms with Crippen molar-refractivity contribution in [3.05, 3.63) is 130 Å². The van der Waals surface area contributed by atoms with Crippen LogP contribution in [0.25, 0.3) is 0 Å². The van der Waals surface area contributed by atoms with Crippen LogP contribution in [0, 0.1) is 0 Å². The molecule has 4 aromatic carbocycles. The van der Waals surface area contributed by atoms with Crippen LogP contribution < -0.4 is 4.74 Å². The molecule has 0 saturated heterocycles. The summed E-state index contributed by atoms with van der Waals surface area (Å²) < 4.78 is 39.8. The summed E-state index contributed by atoms with van der Waals surface area (Å²) in [5, 5.41) is 9.06. The van der Waals surface area contributed by atoms with E-state index in [0.29, 0.717) is 30.2 Å². The van der Waals surface area contributed by atoms with E-state index >= 15 is 0 Å². The molecule has 45 heavy (non-hydrogen) atoms. The molecular weight excluding hydrogens is 656 g/mol. The molecule has 2 aliphatic heterocycles. The third kappa shape index (κ3) is 6.54. The Morgan fingerprint density at radius 3 is 2.40 bits per heavy atom. The molecule has 0 bridgehead atoms. The highest BCUT2D eigenvalue weighted by Crippen LogP contribution is 2.46. The predicted molar refractivity (Wildman–Crippen MR) is 175 cm³/mol. The Bertz CT molecular complexity index is 1800. The van der Waals surface area contributed by atoms with Crippen molar-refractivity contribution in [3.8, 4) is 5.75 Å². The maximum Gasteiger partial charge on any atom is 0.255 e. The molecule has 0 saturated carbocycles. The molecule has 2 heterocycles. The third-order valence-electron chi connectivity index (χ3n) is 8.11. The first-order chi connectivity index (χ1) is 21.8. The average Bonchev–Trinajstić information content (AvgIpc) is 3.41. The van der Waals surface area contributed by atoms with Gasteiger partial charge in [-0.05, 0) is 59.7 Å². The van der Waals surface area contributed by atoms with Gasteiger partial charge >= 0.3 is 0 Å². The number of aliphatic imine (C=N–C) groups is 1. The van der Waals surface area contributed by atoms with Gasteiger partial charge in [-0.25, -0.2) is 13.4 Å². The third-order valence-corrected chi connectivity index (χ3v) is 10.4. The van der Waals surface area contributed by atoms with Gasteiger partial charge in [0.25, 0.3) is 5.91 Å². The number of halogens is 1. The monoisotopic (exact) mass is 688 g/mol. The summed E-state index contributed by atoms with van der Waals surface area (Å²) >= 11 is 3.50. The largest absolute Gasteiger partial charge is 0.494 e. The van der Waals surface area contributed by atoms with E-state index in [1.807, 2.05) is 72.8 Å². The molecule has 0 spiro atoms. The summed E-state index contributed by atoms with van der Waals surface area (Å²) in [5.74, 6) is 0.477. The van der Waals surface area contributed by atoms with E-state index in [0.717, 1.165) is 21.2 Å². The van der Waals surface area contributed by atoms with Gasteiger partial charge in [0.05, 0.1) is 17.3 Å². The summed E-state index contributed by atoms with van der Waals surface area (Å²) in [6.45, 7) is 0.692. The normalized spacial score (nSPS) is 19.2. The standard InChI is InChI=1S/C35H33BrN2O6S/c36-28-15-11-25(12-16-28)23-35-32(44-33(37-35)26-13-17-29(18-14-26)43-21-6-20-39)31-10-5-4-7-27(31)24-38(34(35)40)19-22-45(41,42)30-8-2-1-3-9-30/h1-5,7-18,32,39H,6,19-24H2/t32-,35-/m0/s1. The lowest BCUT2D eigenvalue weighted by Gasteiger charge is -2.32. The van der Waals surface area contributed by atoms with E-state index < -0.39 is 21.5 Å². The number of fused-ring (bicyclic) bond motifs is 3. The Kier molecular flexibility index (Phi) is 9.07. The van der Waals surface area contributed by atoms with Crippen LogP contribution in [0.5, 0.6) is 5.75 Å². The van der Waals surface area contributed by atoms with E-state index in [-0.39, 0.29) is 42.7 Å². The molecule has 2 atom stereocenters. The highest BCUT2D eigenvalue weighted by atomic mass is 79.9. The number of rotatable bonds is 11. The average molecular weight is 690 g/mol. The van der Waals surface area contributed by atoms with Crippen molar-refractivity contribution in [2.75, 3.05) is 25.5 Å². The molecule has 0 aromatic heterocycles. The van der Waals surface area contributed by atoms with Crippen molar-refractivity contribution in [1.29, 1.82) is 0 Å². The zero-order valence-corrected chi connectivity index (χ0v) is 26.9. The molecule has 4 aromatic rings. The Labute approximate surface area is 271 Å². The summed E-state index contributed by atoms with van der Waals surface area (Å²) in [5.41, 5.74) is 1.95. The van der Waals surface area contributed by atoms with Gasteiger partial charge < -0.3 is 19.5 Å². The van der Waals surface area contributed by atoms with Gasteiger partial charge in [-0.1, -0.05) is 70.5 Å². The van der Waals surface area contributed by atoms with Gasteiger partial charge in [-0.3, -0.25) is 4.79 Å². The van der Waals surface area contributed by atoms with E-state index in [4.69, 9.17) is 19.6 Å². The SMILES string of the molecule is O=C1N(CCS(=O)(=O)c2ccccc2)Cc2ccccc2[C@@H]2OC(c3ccc(OCCCO)cc3)=N[C@]12Cc1ccc(Br)cc1. The number of hydrogen-bond acceptors (Lipinski definition) is 7. The molecule has 1 N–H and O–H groups in total. The molecule has 0 unspecified atom stereocenters. The van der Waals surface area contributed by atoms with Crippen LogP contribution in [-0.4, -0.2) is 61.3 Å². The van der Waals surface area contributed by atoms with Crippen molar-refractivity contribution < 1.29 is 27.8 Å². The number of aliphatic hydroxyl groups excluding tert-OH is 1. The number of carbonyl (C=O) groups excluding carboxylic acids is 1. The van der Waals surface area contributed by atoms with Crippen molar-refractivity contribution in [2.24, 2.45) is 4.99 Å². The first-order valence-electron chi connectivity index (χ1n) is 14.8. The first-order valence-corrected chi connectivity index (χ1v) is 17.2. The number of aliphatic hydroxyl groups is 1. The van der Waals surface area contributed by atoms with E-state index in [9.17, 15) is 13.2 Å². The molecule has 0 aliphatic carbocycles. The van der Waals surface area contributed by atoms with Crippen molar-refractivity contribution in [1.82, 2.24) is 4.90 Å². The zero-order chi connectivity index (χ0) is 31.4. The van der Waals surface area contributed by atoms with Crippen molar-refractivity contribution in [2.45, 2.75) is 35.9 Å². The molecule has 0 fully saturated rings. The van der Waals surface area contributed by atoms with Crippen LogP contribution in [0.1, 0.15) is 34.8 Å². The molecule has 6 rings (SSSR count). The fourth-order valence-electron chi connectivity index (χ4n) is 5.80. The van der Waals surface area contributed by atoms with Crippen molar-refractivity contribution >= 4 is 37.6 Å². The minimum Gasteiger partial charge on any atom is -0.494 e. The van der Waals surface area contributed by atoms with E-state index in [1.54, 1.807) is 35.2 Å². The molecular formula is C35H33BrN2O6S. The number of hydrogen-bond donors (Lipinski definition) is 1. The molecule has 232 valence electrons. The Balaban J connectivity index is 1.40. The second-order valence-corrected chi connectivity index (χ2v) is 14.2. The van der Waals surface area contributed by atoms with Gasteiger partial charge in [0, 0.05) is 48.1 Å². The summed E-state index contributed by atoms with van der Waals surface area (Å²) in [4.78, 5) is 21.8. The second-order valence-electron chi connectivity index (χ2n) is 11.1. The highest BCUT2D eigenvalue weighted by Gasteiger charge is 2.56. The number of sulfone groups is 1. The minimum absolute atomic E-state index is 0.00390. The highest BCUT2D eigenvalue weighted by molar-refractivity contribution is 9.10. The van der Waals surface area contributed by atoms with Crippen LogP contribution in [0.15, 0.2) is 117 Å². The zero-order valence-electron chi connectivity index (χ0n) is 24.5. The summed E-state index contributed by atoms with van der Waals surface area (Å²) in [7, 11) is -3.64. The first kappa shape index (κ1) is 31.0. The van der Waals surface area contributed by atoms with Crippen LogP contribution in [0.3, 0.4) is 0 Å². The Hall–Kier alpha value is -3.99. The lowest BCUT2D eigenvalue weighted by atomic mass is 9.81. The number of amides is 1. The Morgan fingerprint density at radius 2 is 1.67 bits per heavy atom. The summed E-state index contributed by atoms with van der Waals surface area (Å²) in [6.07, 6.45) is 0.0602. The van der Waals surface area contributed by atoms with Crippen molar-refractivity contribution in [3.63, 3.8) is 0 Å². The summed E-state index contributed by atoms with van der Waals surface area (Å²) in [6, 6.07) is 31.1. The van der Waals surface area contributed by atoms with Gasteiger partial charge in [-0.2, -0.15) is 0 Å². The molecule has 1 amide bonds. The maximum atomic E-state index is 14.8. The quantitative estimate of drug-likeness (QED) is 0.208. The molecule has 10 heteroatoms. The topological polar surface area (TPSA) is 106 Å². The number of carbonyl (C=O) groups is 1. The fraction of sp³-hybridized carbons (Fsp3) is 0.257.